The lowest BCUT2D eigenvalue weighted by atomic mass is 10.3. The third kappa shape index (κ3) is 4.50. The van der Waals surface area contributed by atoms with Gasteiger partial charge in [-0.1, -0.05) is 6.07 Å². The Kier molecular flexibility index (Phi) is 4.91. The Hall–Kier alpha value is -3.08. The third-order valence-corrected chi connectivity index (χ3v) is 5.05. The van der Waals surface area contributed by atoms with Gasteiger partial charge in [0.1, 0.15) is 12.3 Å². The number of benzene rings is 1. The molecule has 2 aromatic heterocycles. The highest BCUT2D eigenvalue weighted by atomic mass is 32.1. The number of rotatable bonds is 6. The predicted molar refractivity (Wildman–Crippen MR) is 99.8 cm³/mol. The largest absolute Gasteiger partial charge is 0.573 e. The van der Waals surface area contributed by atoms with E-state index in [0.29, 0.717) is 5.82 Å². The molecule has 1 amide bonds. The second kappa shape index (κ2) is 7.39. The van der Waals surface area contributed by atoms with Crippen molar-refractivity contribution >= 4 is 22.9 Å². The molecule has 1 aliphatic rings. The number of anilines is 1. The molecule has 1 aliphatic carbocycles. The summed E-state index contributed by atoms with van der Waals surface area (Å²) < 4.78 is 43.1. The van der Waals surface area contributed by atoms with Crippen LogP contribution in [0.25, 0.3) is 10.7 Å². The second-order valence-electron chi connectivity index (χ2n) is 6.46. The summed E-state index contributed by atoms with van der Waals surface area (Å²) in [5.74, 6) is -0.376. The zero-order valence-electron chi connectivity index (χ0n) is 14.8. The number of hydrogen-bond acceptors (Lipinski definition) is 5. The van der Waals surface area contributed by atoms with Gasteiger partial charge in [0.05, 0.1) is 4.88 Å². The summed E-state index contributed by atoms with van der Waals surface area (Å²) in [6.45, 7) is -0.308. The minimum atomic E-state index is -4.79. The Labute approximate surface area is 166 Å². The Morgan fingerprint density at radius 1 is 1.24 bits per heavy atom. The highest BCUT2D eigenvalue weighted by Crippen LogP contribution is 2.37. The van der Waals surface area contributed by atoms with E-state index >= 15 is 0 Å². The molecule has 152 valence electrons. The average molecular weight is 424 g/mol. The van der Waals surface area contributed by atoms with E-state index in [9.17, 15) is 22.8 Å². The zero-order chi connectivity index (χ0) is 20.6. The quantitative estimate of drug-likeness (QED) is 0.655. The van der Waals surface area contributed by atoms with Gasteiger partial charge >= 0.3 is 12.1 Å². The average Bonchev–Trinajstić information content (AvgIpc) is 3.22. The van der Waals surface area contributed by atoms with Gasteiger partial charge in [0.15, 0.2) is 5.82 Å². The van der Waals surface area contributed by atoms with Gasteiger partial charge in [0.2, 0.25) is 5.91 Å². The van der Waals surface area contributed by atoms with E-state index in [1.54, 1.807) is 4.57 Å². The van der Waals surface area contributed by atoms with Gasteiger partial charge in [-0.2, -0.15) is 0 Å². The Bertz CT molecular complexity index is 1070. The van der Waals surface area contributed by atoms with Crippen LogP contribution >= 0.6 is 11.3 Å². The molecule has 0 atom stereocenters. The lowest BCUT2D eigenvalue weighted by molar-refractivity contribution is -0.274. The van der Waals surface area contributed by atoms with Crippen LogP contribution in [0.1, 0.15) is 18.9 Å². The van der Waals surface area contributed by atoms with Crippen molar-refractivity contribution in [3.05, 3.63) is 52.3 Å². The first kappa shape index (κ1) is 19.2. The minimum absolute atomic E-state index is 0.0950. The highest BCUT2D eigenvalue weighted by molar-refractivity contribution is 7.13. The van der Waals surface area contributed by atoms with Crippen molar-refractivity contribution in [2.45, 2.75) is 31.8 Å². The van der Waals surface area contributed by atoms with E-state index < -0.39 is 18.0 Å². The van der Waals surface area contributed by atoms with E-state index in [1.165, 1.54) is 23.5 Å². The molecule has 29 heavy (non-hydrogen) atoms. The normalized spacial score (nSPS) is 14.0. The van der Waals surface area contributed by atoms with Crippen LogP contribution in [0.3, 0.4) is 0 Å². The van der Waals surface area contributed by atoms with Gasteiger partial charge in [0, 0.05) is 11.7 Å². The Morgan fingerprint density at radius 3 is 2.55 bits per heavy atom. The van der Waals surface area contributed by atoms with Crippen LogP contribution in [0.5, 0.6) is 5.75 Å². The van der Waals surface area contributed by atoms with E-state index in [-0.39, 0.29) is 24.0 Å². The van der Waals surface area contributed by atoms with Crippen LogP contribution in [0.2, 0.25) is 0 Å². The Balaban J connectivity index is 1.48. The first-order valence-corrected chi connectivity index (χ1v) is 9.57. The zero-order valence-corrected chi connectivity index (χ0v) is 15.7. The molecule has 4 rings (SSSR count). The lowest BCUT2D eigenvalue weighted by Gasteiger charge is -2.09. The van der Waals surface area contributed by atoms with Crippen molar-refractivity contribution in [1.29, 1.82) is 0 Å². The summed E-state index contributed by atoms with van der Waals surface area (Å²) in [5.41, 5.74) is -0.0855. The molecule has 0 bridgehead atoms. The highest BCUT2D eigenvalue weighted by Gasteiger charge is 2.32. The predicted octanol–water partition coefficient (Wildman–Crippen LogP) is 3.65. The molecule has 1 fully saturated rings. The number of alkyl halides is 3. The molecule has 0 unspecified atom stereocenters. The maximum absolute atomic E-state index is 12.7. The fraction of sp³-hybridized carbons (Fsp3) is 0.278. The maximum atomic E-state index is 12.7. The molecule has 0 radical (unpaired) electrons. The van der Waals surface area contributed by atoms with Gasteiger partial charge in [-0.3, -0.25) is 9.36 Å². The minimum Gasteiger partial charge on any atom is -0.406 e. The number of halogens is 3. The maximum Gasteiger partial charge on any atom is 0.573 e. The molecule has 1 aromatic carbocycles. The summed E-state index contributed by atoms with van der Waals surface area (Å²) in [7, 11) is 0. The monoisotopic (exact) mass is 424 g/mol. The Morgan fingerprint density at radius 2 is 1.97 bits per heavy atom. The molecule has 0 spiro atoms. The molecule has 7 nitrogen and oxygen atoms in total. The van der Waals surface area contributed by atoms with E-state index in [4.69, 9.17) is 0 Å². The third-order valence-electron chi connectivity index (χ3n) is 4.19. The van der Waals surface area contributed by atoms with Crippen LogP contribution in [-0.4, -0.2) is 26.6 Å². The molecule has 1 N–H and O–H groups in total. The number of amides is 1. The van der Waals surface area contributed by atoms with E-state index in [0.717, 1.165) is 34.5 Å². The summed E-state index contributed by atoms with van der Waals surface area (Å²) in [4.78, 5) is 25.8. The van der Waals surface area contributed by atoms with Crippen molar-refractivity contribution in [1.82, 2.24) is 14.3 Å². The number of carbonyl (C=O) groups excluding carboxylic acids is 1. The summed E-state index contributed by atoms with van der Waals surface area (Å²) in [5, 5.41) is 8.74. The summed E-state index contributed by atoms with van der Waals surface area (Å²) >= 11 is 1.46. The van der Waals surface area contributed by atoms with Gasteiger partial charge < -0.3 is 10.1 Å². The fourth-order valence-electron chi connectivity index (χ4n) is 2.84. The van der Waals surface area contributed by atoms with Crippen molar-refractivity contribution in [2.24, 2.45) is 0 Å². The number of thiophene rings is 1. The van der Waals surface area contributed by atoms with Crippen LogP contribution in [0.15, 0.2) is 46.6 Å². The van der Waals surface area contributed by atoms with Crippen molar-refractivity contribution in [3.63, 3.8) is 0 Å². The van der Waals surface area contributed by atoms with Crippen LogP contribution in [0, 0.1) is 0 Å². The first-order chi connectivity index (χ1) is 13.8. The SMILES string of the molecule is O=C(Cn1nc(-c2cccs2)n(C2CC2)c1=O)Nc1ccc(OC(F)(F)F)cc1. The number of nitrogens with zero attached hydrogens (tertiary/aromatic N) is 3. The molecule has 2 heterocycles. The van der Waals surface area contributed by atoms with Crippen molar-refractivity contribution in [2.75, 3.05) is 5.32 Å². The number of hydrogen-bond donors (Lipinski definition) is 1. The molecule has 3 aromatic rings. The van der Waals surface area contributed by atoms with Crippen LogP contribution < -0.4 is 15.7 Å². The molecular formula is C18H15F3N4O3S. The number of carbonyl (C=O) groups is 1. The van der Waals surface area contributed by atoms with Crippen LogP contribution in [0.4, 0.5) is 18.9 Å². The van der Waals surface area contributed by atoms with Gasteiger partial charge in [-0.05, 0) is 48.6 Å². The summed E-state index contributed by atoms with van der Waals surface area (Å²) in [6, 6.07) is 8.55. The van der Waals surface area contributed by atoms with E-state index in [2.05, 4.69) is 15.2 Å². The second-order valence-corrected chi connectivity index (χ2v) is 7.41. The molecule has 11 heteroatoms. The lowest BCUT2D eigenvalue weighted by Crippen LogP contribution is -2.30. The van der Waals surface area contributed by atoms with Gasteiger partial charge in [-0.15, -0.1) is 29.6 Å². The molecule has 1 saturated carbocycles. The summed E-state index contributed by atoms with van der Waals surface area (Å²) in [6.07, 6.45) is -3.00. The molecule has 0 saturated heterocycles. The standard InChI is InChI=1S/C18H15F3N4O3S/c19-18(20,21)28-13-7-3-11(4-8-13)22-15(26)10-24-17(27)25(12-5-6-12)16(23-24)14-2-1-9-29-14/h1-4,7-9,12H,5-6,10H2,(H,22,26). The van der Waals surface area contributed by atoms with Crippen molar-refractivity contribution in [3.8, 4) is 16.5 Å². The van der Waals surface area contributed by atoms with Gasteiger partial charge in [0.25, 0.3) is 0 Å². The molecular weight excluding hydrogens is 409 g/mol. The number of ether oxygens (including phenoxy) is 1. The number of nitrogens with one attached hydrogen (secondary N) is 1. The fourth-order valence-corrected chi connectivity index (χ4v) is 3.54. The molecule has 0 aliphatic heterocycles. The van der Waals surface area contributed by atoms with E-state index in [1.807, 2.05) is 17.5 Å². The number of aromatic nitrogens is 3. The van der Waals surface area contributed by atoms with Gasteiger partial charge in [-0.25, -0.2) is 9.48 Å². The van der Waals surface area contributed by atoms with Crippen molar-refractivity contribution < 1.29 is 22.7 Å². The van der Waals surface area contributed by atoms with Crippen LogP contribution in [-0.2, 0) is 11.3 Å². The first-order valence-electron chi connectivity index (χ1n) is 8.69. The topological polar surface area (TPSA) is 78.2 Å². The smallest absolute Gasteiger partial charge is 0.406 e.